The summed E-state index contributed by atoms with van der Waals surface area (Å²) in [5.41, 5.74) is 0. The van der Waals surface area contributed by atoms with Crippen molar-refractivity contribution in [3.63, 3.8) is 0 Å². The molecule has 2 aromatic heterocycles. The molecule has 0 aliphatic carbocycles. The SMILES string of the molecule is CN(CCO)C(=O)c1ccc(Cn2cc(Br)cn2)o1. The summed E-state index contributed by atoms with van der Waals surface area (Å²) in [6.07, 6.45) is 3.51. The number of aromatic nitrogens is 2. The maximum Gasteiger partial charge on any atom is 0.289 e. The Morgan fingerprint density at radius 1 is 1.58 bits per heavy atom. The van der Waals surface area contributed by atoms with E-state index in [1.165, 1.54) is 4.90 Å². The van der Waals surface area contributed by atoms with E-state index in [0.717, 1.165) is 4.47 Å². The number of amides is 1. The zero-order valence-corrected chi connectivity index (χ0v) is 12.0. The van der Waals surface area contributed by atoms with Gasteiger partial charge in [0.1, 0.15) is 5.76 Å². The molecule has 0 aliphatic heterocycles. The number of nitrogens with zero attached hydrogens (tertiary/aromatic N) is 3. The minimum atomic E-state index is -0.248. The number of halogens is 1. The zero-order chi connectivity index (χ0) is 13.8. The van der Waals surface area contributed by atoms with Gasteiger partial charge in [-0.15, -0.1) is 0 Å². The third-order valence-corrected chi connectivity index (χ3v) is 2.98. The fourth-order valence-corrected chi connectivity index (χ4v) is 1.93. The van der Waals surface area contributed by atoms with Crippen LogP contribution in [0, 0.1) is 0 Å². The van der Waals surface area contributed by atoms with Gasteiger partial charge in [-0.2, -0.15) is 5.10 Å². The Morgan fingerprint density at radius 3 is 3.00 bits per heavy atom. The maximum absolute atomic E-state index is 11.9. The Kier molecular flexibility index (Phi) is 4.39. The molecule has 0 aliphatic rings. The lowest BCUT2D eigenvalue weighted by atomic mass is 10.4. The highest BCUT2D eigenvalue weighted by Gasteiger charge is 2.15. The fourth-order valence-electron chi connectivity index (χ4n) is 1.60. The summed E-state index contributed by atoms with van der Waals surface area (Å²) in [6, 6.07) is 3.37. The van der Waals surface area contributed by atoms with Gasteiger partial charge < -0.3 is 14.4 Å². The van der Waals surface area contributed by atoms with Crippen molar-refractivity contribution in [3.05, 3.63) is 40.5 Å². The van der Waals surface area contributed by atoms with Crippen LogP contribution in [0.5, 0.6) is 0 Å². The summed E-state index contributed by atoms with van der Waals surface area (Å²) in [7, 11) is 1.62. The molecule has 0 radical (unpaired) electrons. The van der Waals surface area contributed by atoms with Gasteiger partial charge in [0.15, 0.2) is 5.76 Å². The van der Waals surface area contributed by atoms with Gasteiger partial charge >= 0.3 is 0 Å². The first-order chi connectivity index (χ1) is 9.10. The topological polar surface area (TPSA) is 71.5 Å². The summed E-state index contributed by atoms with van der Waals surface area (Å²) in [6.45, 7) is 0.667. The number of carbonyl (C=O) groups excluding carboxylic acids is 1. The van der Waals surface area contributed by atoms with Crippen LogP contribution in [0.15, 0.2) is 33.4 Å². The Bertz CT molecular complexity index is 564. The van der Waals surface area contributed by atoms with Crippen molar-refractivity contribution < 1.29 is 14.3 Å². The van der Waals surface area contributed by atoms with Crippen LogP contribution in [-0.2, 0) is 6.54 Å². The number of hydrogen-bond acceptors (Lipinski definition) is 4. The summed E-state index contributed by atoms with van der Waals surface area (Å²) in [4.78, 5) is 13.3. The molecule has 0 atom stereocenters. The molecule has 2 heterocycles. The predicted octanol–water partition coefficient (Wildman–Crippen LogP) is 1.35. The lowest BCUT2D eigenvalue weighted by Gasteiger charge is -2.13. The van der Waals surface area contributed by atoms with E-state index in [1.54, 1.807) is 30.1 Å². The molecule has 0 unspecified atom stereocenters. The van der Waals surface area contributed by atoms with E-state index < -0.39 is 0 Å². The van der Waals surface area contributed by atoms with Crippen molar-refractivity contribution in [2.45, 2.75) is 6.54 Å². The summed E-state index contributed by atoms with van der Waals surface area (Å²) in [5.74, 6) is 0.662. The molecule has 0 fully saturated rings. The van der Waals surface area contributed by atoms with Gasteiger partial charge in [0, 0.05) is 19.8 Å². The molecule has 102 valence electrons. The van der Waals surface area contributed by atoms with E-state index in [-0.39, 0.29) is 24.8 Å². The van der Waals surface area contributed by atoms with Crippen molar-refractivity contribution in [1.29, 1.82) is 0 Å². The molecule has 2 aromatic rings. The summed E-state index contributed by atoms with van der Waals surface area (Å²) in [5, 5.41) is 12.9. The molecule has 6 nitrogen and oxygen atoms in total. The van der Waals surface area contributed by atoms with Crippen LogP contribution in [0.4, 0.5) is 0 Å². The quantitative estimate of drug-likeness (QED) is 0.899. The minimum Gasteiger partial charge on any atom is -0.454 e. The number of carbonyl (C=O) groups is 1. The second-order valence-corrected chi connectivity index (χ2v) is 4.99. The Morgan fingerprint density at radius 2 is 2.37 bits per heavy atom. The lowest BCUT2D eigenvalue weighted by molar-refractivity contribution is 0.0733. The van der Waals surface area contributed by atoms with Gasteiger partial charge in [-0.1, -0.05) is 0 Å². The largest absolute Gasteiger partial charge is 0.454 e. The van der Waals surface area contributed by atoms with E-state index in [2.05, 4.69) is 21.0 Å². The number of furan rings is 1. The second-order valence-electron chi connectivity index (χ2n) is 4.07. The highest BCUT2D eigenvalue weighted by Crippen LogP contribution is 2.13. The smallest absolute Gasteiger partial charge is 0.289 e. The molecular weight excluding hydrogens is 314 g/mol. The molecule has 19 heavy (non-hydrogen) atoms. The molecule has 0 aromatic carbocycles. The van der Waals surface area contributed by atoms with Gasteiger partial charge in [0.05, 0.1) is 23.8 Å². The van der Waals surface area contributed by atoms with Gasteiger partial charge in [0.2, 0.25) is 0 Å². The normalized spacial score (nSPS) is 10.7. The number of aliphatic hydroxyl groups excluding tert-OH is 1. The number of hydrogen-bond donors (Lipinski definition) is 1. The zero-order valence-electron chi connectivity index (χ0n) is 10.4. The minimum absolute atomic E-state index is 0.0723. The van der Waals surface area contributed by atoms with E-state index in [1.807, 2.05) is 6.20 Å². The first kappa shape index (κ1) is 13.8. The standard InChI is InChI=1S/C12H14BrN3O3/c1-15(4-5-17)12(18)11-3-2-10(19-11)8-16-7-9(13)6-14-16/h2-3,6-7,17H,4-5,8H2,1H3. The molecule has 0 saturated heterocycles. The van der Waals surface area contributed by atoms with Crippen LogP contribution in [-0.4, -0.2) is 45.9 Å². The molecule has 2 rings (SSSR count). The van der Waals surface area contributed by atoms with Crippen LogP contribution in [0.2, 0.25) is 0 Å². The van der Waals surface area contributed by atoms with Gasteiger partial charge in [0.25, 0.3) is 5.91 Å². The molecule has 7 heteroatoms. The first-order valence-electron chi connectivity index (χ1n) is 5.73. The molecule has 0 bridgehead atoms. The van der Waals surface area contributed by atoms with Crippen LogP contribution in [0.1, 0.15) is 16.3 Å². The van der Waals surface area contributed by atoms with E-state index in [4.69, 9.17) is 9.52 Å². The van der Waals surface area contributed by atoms with Gasteiger partial charge in [-0.25, -0.2) is 0 Å². The van der Waals surface area contributed by atoms with Crippen LogP contribution in [0.3, 0.4) is 0 Å². The number of likely N-dealkylation sites (N-methyl/N-ethyl adjacent to an activating group) is 1. The summed E-state index contributed by atoms with van der Waals surface area (Å²) < 4.78 is 8.07. The summed E-state index contributed by atoms with van der Waals surface area (Å²) >= 11 is 3.31. The van der Waals surface area contributed by atoms with Crippen molar-refractivity contribution >= 4 is 21.8 Å². The monoisotopic (exact) mass is 327 g/mol. The number of rotatable bonds is 5. The van der Waals surface area contributed by atoms with Gasteiger partial charge in [-0.05, 0) is 28.1 Å². The van der Waals surface area contributed by atoms with Crippen molar-refractivity contribution in [1.82, 2.24) is 14.7 Å². The van der Waals surface area contributed by atoms with E-state index in [0.29, 0.717) is 12.3 Å². The first-order valence-corrected chi connectivity index (χ1v) is 6.52. The fraction of sp³-hybridized carbons (Fsp3) is 0.333. The van der Waals surface area contributed by atoms with Gasteiger partial charge in [-0.3, -0.25) is 9.48 Å². The second kappa shape index (κ2) is 6.03. The molecule has 0 spiro atoms. The number of aliphatic hydroxyl groups is 1. The highest BCUT2D eigenvalue weighted by atomic mass is 79.9. The highest BCUT2D eigenvalue weighted by molar-refractivity contribution is 9.10. The van der Waals surface area contributed by atoms with Crippen molar-refractivity contribution in [2.24, 2.45) is 0 Å². The third kappa shape index (κ3) is 3.45. The lowest BCUT2D eigenvalue weighted by Crippen LogP contribution is -2.29. The molecule has 1 N–H and O–H groups in total. The van der Waals surface area contributed by atoms with Crippen molar-refractivity contribution in [2.75, 3.05) is 20.2 Å². The maximum atomic E-state index is 11.9. The Hall–Kier alpha value is -1.60. The Labute approximate surface area is 118 Å². The predicted molar refractivity (Wildman–Crippen MR) is 71.8 cm³/mol. The van der Waals surface area contributed by atoms with Crippen LogP contribution < -0.4 is 0 Å². The van der Waals surface area contributed by atoms with E-state index in [9.17, 15) is 4.79 Å². The molecule has 1 amide bonds. The van der Waals surface area contributed by atoms with E-state index >= 15 is 0 Å². The average molecular weight is 328 g/mol. The Balaban J connectivity index is 2.04. The van der Waals surface area contributed by atoms with Crippen LogP contribution >= 0.6 is 15.9 Å². The third-order valence-electron chi connectivity index (χ3n) is 2.57. The molecular formula is C12H14BrN3O3. The van der Waals surface area contributed by atoms with Crippen molar-refractivity contribution in [3.8, 4) is 0 Å². The van der Waals surface area contributed by atoms with Crippen LogP contribution in [0.25, 0.3) is 0 Å². The molecule has 0 saturated carbocycles. The average Bonchev–Trinajstić information content (AvgIpc) is 2.99.